The first kappa shape index (κ1) is 21.2. The van der Waals surface area contributed by atoms with E-state index in [0.717, 1.165) is 24.4 Å². The third-order valence-electron chi connectivity index (χ3n) is 5.10. The molecule has 1 aliphatic rings. The molecule has 0 aliphatic carbocycles. The number of methoxy groups -OCH3 is 1. The van der Waals surface area contributed by atoms with Gasteiger partial charge in [-0.1, -0.05) is 6.07 Å². The molecule has 1 amide bonds. The van der Waals surface area contributed by atoms with Crippen LogP contribution >= 0.6 is 0 Å². The van der Waals surface area contributed by atoms with E-state index in [4.69, 9.17) is 18.6 Å². The molecule has 1 fully saturated rings. The van der Waals surface area contributed by atoms with Gasteiger partial charge in [0.2, 0.25) is 0 Å². The van der Waals surface area contributed by atoms with Crippen molar-refractivity contribution in [2.24, 2.45) is 0 Å². The van der Waals surface area contributed by atoms with Crippen molar-refractivity contribution in [1.82, 2.24) is 10.2 Å². The average Bonchev–Trinajstić information content (AvgIpc) is 3.08. The summed E-state index contributed by atoms with van der Waals surface area (Å²) in [7, 11) is 1.64. The van der Waals surface area contributed by atoms with E-state index in [2.05, 4.69) is 10.2 Å². The molecule has 1 atom stereocenters. The summed E-state index contributed by atoms with van der Waals surface area (Å²) in [5, 5.41) is 3.07. The predicted molar refractivity (Wildman–Crippen MR) is 110 cm³/mol. The number of hydrogen-bond acceptors (Lipinski definition) is 6. The van der Waals surface area contributed by atoms with E-state index in [0.29, 0.717) is 49.2 Å². The van der Waals surface area contributed by atoms with Crippen molar-refractivity contribution >= 4 is 5.91 Å². The maximum Gasteiger partial charge on any atom is 0.254 e. The van der Waals surface area contributed by atoms with Gasteiger partial charge in [0, 0.05) is 19.6 Å². The second-order valence-electron chi connectivity index (χ2n) is 7.04. The van der Waals surface area contributed by atoms with Gasteiger partial charge in [-0.25, -0.2) is 0 Å². The first-order valence-electron chi connectivity index (χ1n) is 10.0. The van der Waals surface area contributed by atoms with E-state index < -0.39 is 0 Å². The first-order chi connectivity index (χ1) is 14.0. The average molecular weight is 402 g/mol. The Kier molecular flexibility index (Phi) is 7.17. The van der Waals surface area contributed by atoms with E-state index >= 15 is 0 Å². The van der Waals surface area contributed by atoms with Gasteiger partial charge in [-0.2, -0.15) is 0 Å². The second kappa shape index (κ2) is 9.80. The molecule has 2 aromatic rings. The SMILES string of the molecule is CCOc1ccc(C(CNC(=O)c2cc(C)oc2C)N2CCOCC2)cc1OC. The number of carbonyl (C=O) groups excluding carboxylic acids is 1. The summed E-state index contributed by atoms with van der Waals surface area (Å²) in [6.07, 6.45) is 0. The number of morpholine rings is 1. The Labute approximate surface area is 171 Å². The monoisotopic (exact) mass is 402 g/mol. The number of rotatable bonds is 8. The zero-order valence-electron chi connectivity index (χ0n) is 17.6. The molecule has 2 heterocycles. The molecule has 0 radical (unpaired) electrons. The van der Waals surface area contributed by atoms with Gasteiger partial charge in [-0.15, -0.1) is 0 Å². The van der Waals surface area contributed by atoms with Crippen LogP contribution in [0.4, 0.5) is 0 Å². The summed E-state index contributed by atoms with van der Waals surface area (Å²) in [6, 6.07) is 7.73. The fraction of sp³-hybridized carbons (Fsp3) is 0.500. The second-order valence-corrected chi connectivity index (χ2v) is 7.04. The number of furan rings is 1. The number of carbonyl (C=O) groups is 1. The van der Waals surface area contributed by atoms with Gasteiger partial charge >= 0.3 is 0 Å². The number of amides is 1. The van der Waals surface area contributed by atoms with Crippen molar-refractivity contribution in [3.05, 3.63) is 46.9 Å². The fourth-order valence-electron chi connectivity index (χ4n) is 3.65. The van der Waals surface area contributed by atoms with Gasteiger partial charge in [-0.3, -0.25) is 9.69 Å². The van der Waals surface area contributed by atoms with Gasteiger partial charge in [0.05, 0.1) is 38.5 Å². The number of benzene rings is 1. The van der Waals surface area contributed by atoms with Crippen LogP contribution in [-0.4, -0.2) is 57.4 Å². The van der Waals surface area contributed by atoms with Crippen molar-refractivity contribution in [3.8, 4) is 11.5 Å². The Bertz CT molecular complexity index is 827. The van der Waals surface area contributed by atoms with Crippen LogP contribution in [0.2, 0.25) is 0 Å². The molecular weight excluding hydrogens is 372 g/mol. The Hall–Kier alpha value is -2.51. The van der Waals surface area contributed by atoms with Gasteiger partial charge < -0.3 is 23.9 Å². The van der Waals surface area contributed by atoms with Crippen LogP contribution in [0.5, 0.6) is 11.5 Å². The minimum Gasteiger partial charge on any atom is -0.493 e. The van der Waals surface area contributed by atoms with Crippen molar-refractivity contribution in [2.45, 2.75) is 26.8 Å². The summed E-state index contributed by atoms with van der Waals surface area (Å²) in [6.45, 7) is 9.60. The first-order valence-corrected chi connectivity index (χ1v) is 10.0. The minimum atomic E-state index is -0.129. The Balaban J connectivity index is 1.81. The molecule has 7 heteroatoms. The van der Waals surface area contributed by atoms with Crippen LogP contribution in [0.15, 0.2) is 28.7 Å². The summed E-state index contributed by atoms with van der Waals surface area (Å²) in [4.78, 5) is 15.0. The number of hydrogen-bond donors (Lipinski definition) is 1. The highest BCUT2D eigenvalue weighted by Gasteiger charge is 2.25. The normalized spacial score (nSPS) is 15.7. The fourth-order valence-corrected chi connectivity index (χ4v) is 3.65. The Morgan fingerprint density at radius 2 is 1.97 bits per heavy atom. The predicted octanol–water partition coefficient (Wildman–Crippen LogP) is 3.11. The van der Waals surface area contributed by atoms with E-state index in [-0.39, 0.29) is 11.9 Å². The standard InChI is InChI=1S/C22H30N2O5/c1-5-28-20-7-6-17(13-21(20)26-4)19(24-8-10-27-11-9-24)14-23-22(25)18-12-15(2)29-16(18)3/h6-7,12-13,19H,5,8-11,14H2,1-4H3,(H,23,25). The van der Waals surface area contributed by atoms with Crippen molar-refractivity contribution < 1.29 is 23.4 Å². The van der Waals surface area contributed by atoms with E-state index in [1.165, 1.54) is 0 Å². The molecule has 0 spiro atoms. The molecule has 1 saturated heterocycles. The summed E-state index contributed by atoms with van der Waals surface area (Å²) in [5.41, 5.74) is 1.64. The van der Waals surface area contributed by atoms with Crippen molar-refractivity contribution in [3.63, 3.8) is 0 Å². The highest BCUT2D eigenvalue weighted by atomic mass is 16.5. The molecule has 7 nitrogen and oxygen atoms in total. The number of ether oxygens (including phenoxy) is 3. The third-order valence-corrected chi connectivity index (χ3v) is 5.10. The molecule has 3 rings (SSSR count). The molecule has 1 aliphatic heterocycles. The maximum absolute atomic E-state index is 12.7. The van der Waals surface area contributed by atoms with Gasteiger partial charge in [-0.05, 0) is 44.5 Å². The van der Waals surface area contributed by atoms with Gasteiger partial charge in [0.1, 0.15) is 11.5 Å². The smallest absolute Gasteiger partial charge is 0.254 e. The Morgan fingerprint density at radius 3 is 2.59 bits per heavy atom. The molecule has 29 heavy (non-hydrogen) atoms. The topological polar surface area (TPSA) is 73.2 Å². The number of nitrogens with one attached hydrogen (secondary N) is 1. The molecule has 0 bridgehead atoms. The van der Waals surface area contributed by atoms with Crippen molar-refractivity contribution in [2.75, 3.05) is 46.6 Å². The molecule has 1 aromatic carbocycles. The summed E-state index contributed by atoms with van der Waals surface area (Å²) in [5.74, 6) is 2.64. The lowest BCUT2D eigenvalue weighted by atomic mass is 10.0. The maximum atomic E-state index is 12.7. The lowest BCUT2D eigenvalue weighted by Gasteiger charge is -2.35. The lowest BCUT2D eigenvalue weighted by molar-refractivity contribution is 0.0162. The lowest BCUT2D eigenvalue weighted by Crippen LogP contribution is -2.43. The van der Waals surface area contributed by atoms with E-state index in [1.807, 2.05) is 32.0 Å². The highest BCUT2D eigenvalue weighted by molar-refractivity contribution is 5.95. The number of aryl methyl sites for hydroxylation is 2. The molecule has 1 unspecified atom stereocenters. The van der Waals surface area contributed by atoms with Crippen LogP contribution in [0.25, 0.3) is 0 Å². The number of nitrogens with zero attached hydrogens (tertiary/aromatic N) is 1. The zero-order chi connectivity index (χ0) is 20.8. The third kappa shape index (κ3) is 5.10. The van der Waals surface area contributed by atoms with Crippen molar-refractivity contribution in [1.29, 1.82) is 0 Å². The molecule has 158 valence electrons. The van der Waals surface area contributed by atoms with E-state index in [1.54, 1.807) is 20.1 Å². The summed E-state index contributed by atoms with van der Waals surface area (Å²) < 4.78 is 22.2. The van der Waals surface area contributed by atoms with Crippen LogP contribution in [-0.2, 0) is 4.74 Å². The van der Waals surface area contributed by atoms with Crippen LogP contribution < -0.4 is 14.8 Å². The van der Waals surface area contributed by atoms with Crippen LogP contribution in [0.1, 0.15) is 40.4 Å². The highest BCUT2D eigenvalue weighted by Crippen LogP contribution is 2.32. The molecular formula is C22H30N2O5. The minimum absolute atomic E-state index is 0.000676. The van der Waals surface area contributed by atoms with Crippen LogP contribution in [0, 0.1) is 13.8 Å². The molecule has 1 N–H and O–H groups in total. The molecule has 1 aromatic heterocycles. The van der Waals surface area contributed by atoms with Gasteiger partial charge in [0.25, 0.3) is 5.91 Å². The van der Waals surface area contributed by atoms with E-state index in [9.17, 15) is 4.79 Å². The van der Waals surface area contributed by atoms with Gasteiger partial charge in [0.15, 0.2) is 11.5 Å². The largest absolute Gasteiger partial charge is 0.493 e. The van der Waals surface area contributed by atoms with Crippen LogP contribution in [0.3, 0.4) is 0 Å². The quantitative estimate of drug-likeness (QED) is 0.731. The summed E-state index contributed by atoms with van der Waals surface area (Å²) >= 11 is 0. The Morgan fingerprint density at radius 1 is 1.21 bits per heavy atom. The molecule has 0 saturated carbocycles. The zero-order valence-corrected chi connectivity index (χ0v) is 17.6.